The van der Waals surface area contributed by atoms with Crippen LogP contribution in [0.1, 0.15) is 40.5 Å². The van der Waals surface area contributed by atoms with Gasteiger partial charge in [0.1, 0.15) is 0 Å². The molecule has 1 saturated heterocycles. The lowest BCUT2D eigenvalue weighted by Crippen LogP contribution is -2.26. The molecule has 1 fully saturated rings. The molecule has 1 aliphatic rings. The molecule has 0 aromatic rings. The van der Waals surface area contributed by atoms with Gasteiger partial charge < -0.3 is 23.8 Å². The van der Waals surface area contributed by atoms with Crippen molar-refractivity contribution in [2.24, 2.45) is 11.8 Å². The minimum absolute atomic E-state index is 0.206. The Morgan fingerprint density at radius 2 is 1.07 bits per heavy atom. The van der Waals surface area contributed by atoms with Crippen molar-refractivity contribution in [3.8, 4) is 0 Å². The monoisotopic (exact) mass is 412 g/mol. The van der Waals surface area contributed by atoms with Gasteiger partial charge in [0.2, 0.25) is 0 Å². The molecule has 162 valence electrons. The zero-order valence-corrected chi connectivity index (χ0v) is 18.0. The summed E-state index contributed by atoms with van der Waals surface area (Å²) in [4.78, 5) is 10.2. The topological polar surface area (TPSA) is 92.7 Å². The molecule has 0 radical (unpaired) electrons. The van der Waals surface area contributed by atoms with E-state index >= 15 is 0 Å². The summed E-state index contributed by atoms with van der Waals surface area (Å²) in [6, 6.07) is 0. The largest absolute Gasteiger partial charge is 0.472 e. The van der Waals surface area contributed by atoms with E-state index in [1.165, 1.54) is 0 Å². The van der Waals surface area contributed by atoms with Gasteiger partial charge in [-0.1, -0.05) is 27.7 Å². The second-order valence-electron chi connectivity index (χ2n) is 7.56. The van der Waals surface area contributed by atoms with E-state index in [1.807, 2.05) is 27.7 Å². The Morgan fingerprint density at radius 3 is 1.41 bits per heavy atom. The van der Waals surface area contributed by atoms with Gasteiger partial charge in [-0.15, -0.1) is 0 Å². The Morgan fingerprint density at radius 1 is 0.741 bits per heavy atom. The molecule has 1 aliphatic heterocycles. The Balaban J connectivity index is 2.73. The maximum absolute atomic E-state index is 12.5. The first kappa shape index (κ1) is 25.0. The molecule has 8 nitrogen and oxygen atoms in total. The van der Waals surface area contributed by atoms with E-state index in [1.54, 1.807) is 0 Å². The third-order valence-electron chi connectivity index (χ3n) is 3.76. The van der Waals surface area contributed by atoms with Crippen LogP contribution in [0.4, 0.5) is 0 Å². The molecule has 0 spiro atoms. The molecule has 0 saturated carbocycles. The summed E-state index contributed by atoms with van der Waals surface area (Å²) in [5.41, 5.74) is 0. The van der Waals surface area contributed by atoms with Crippen LogP contribution in [-0.2, 0) is 32.6 Å². The summed E-state index contributed by atoms with van der Waals surface area (Å²) in [7, 11) is -4.24. The maximum Gasteiger partial charge on any atom is 0.472 e. The van der Waals surface area contributed by atoms with E-state index in [0.717, 1.165) is 0 Å². The first-order chi connectivity index (χ1) is 12.8. The van der Waals surface area contributed by atoms with E-state index in [9.17, 15) is 9.46 Å². The van der Waals surface area contributed by atoms with Gasteiger partial charge in [-0.3, -0.25) is 9.05 Å². The Hall–Kier alpha value is -0.0500. The molecule has 3 atom stereocenters. The number of phosphoric ester groups is 1. The minimum atomic E-state index is -4.24. The number of ether oxygens (including phenoxy) is 4. The molecule has 9 heteroatoms. The molecule has 1 heterocycles. The lowest BCUT2D eigenvalue weighted by Gasteiger charge is -2.26. The SMILES string of the molecule is CC(C)CC1COCCOCCOCCOC[C@H](CC(C)C)OP(=O)(O)O1. The smallest absolute Gasteiger partial charge is 0.377 e. The van der Waals surface area contributed by atoms with Gasteiger partial charge in [0.05, 0.1) is 65.1 Å². The predicted octanol–water partition coefficient (Wildman–Crippen LogP) is 3.03. The number of rotatable bonds is 4. The summed E-state index contributed by atoms with van der Waals surface area (Å²) >= 11 is 0. The van der Waals surface area contributed by atoms with Crippen molar-refractivity contribution in [3.05, 3.63) is 0 Å². The van der Waals surface area contributed by atoms with Crippen molar-refractivity contribution >= 4 is 7.82 Å². The average molecular weight is 412 g/mol. The van der Waals surface area contributed by atoms with Gasteiger partial charge >= 0.3 is 7.82 Å². The fourth-order valence-electron chi connectivity index (χ4n) is 2.72. The van der Waals surface area contributed by atoms with Crippen LogP contribution in [0.15, 0.2) is 0 Å². The zero-order chi connectivity index (χ0) is 20.1. The summed E-state index contributed by atoms with van der Waals surface area (Å²) in [6.45, 7) is 11.1. The molecule has 2 unspecified atom stereocenters. The second-order valence-corrected chi connectivity index (χ2v) is 8.92. The molecular formula is C18H37O8P. The molecule has 0 aromatic carbocycles. The highest BCUT2D eigenvalue weighted by Gasteiger charge is 2.31. The molecule has 0 bridgehead atoms. The third-order valence-corrected chi connectivity index (χ3v) is 4.89. The van der Waals surface area contributed by atoms with Gasteiger partial charge in [-0.25, -0.2) is 4.57 Å². The summed E-state index contributed by atoms with van der Waals surface area (Å²) < 4.78 is 45.3. The molecule has 27 heavy (non-hydrogen) atoms. The standard InChI is InChI=1S/C18H37O8P/c1-15(2)11-17-13-23-9-7-21-5-6-22-8-10-24-14-18(12-16(3)4)26-27(19,20)25-17/h15-18H,5-14H2,1-4H3,(H,19,20)/t17-,18?/m0/s1. The average Bonchev–Trinajstić information content (AvgIpc) is 2.53. The summed E-state index contributed by atoms with van der Waals surface area (Å²) in [5.74, 6) is 0.576. The fourth-order valence-corrected chi connectivity index (χ4v) is 3.82. The zero-order valence-electron chi connectivity index (χ0n) is 17.1. The number of hydrogen-bond acceptors (Lipinski definition) is 7. The highest BCUT2D eigenvalue weighted by atomic mass is 31.2. The normalized spacial score (nSPS) is 31.1. The lowest BCUT2D eigenvalue weighted by molar-refractivity contribution is -0.0201. The van der Waals surface area contributed by atoms with Crippen molar-refractivity contribution in [1.82, 2.24) is 0 Å². The highest BCUT2D eigenvalue weighted by molar-refractivity contribution is 7.47. The van der Waals surface area contributed by atoms with Crippen LogP contribution >= 0.6 is 7.82 Å². The fraction of sp³-hybridized carbons (Fsp3) is 1.00. The van der Waals surface area contributed by atoms with Crippen LogP contribution < -0.4 is 0 Å². The van der Waals surface area contributed by atoms with E-state index in [2.05, 4.69) is 0 Å². The molecule has 0 aliphatic carbocycles. The van der Waals surface area contributed by atoms with Crippen molar-refractivity contribution in [2.75, 3.05) is 52.9 Å². The quantitative estimate of drug-likeness (QED) is 0.705. The minimum Gasteiger partial charge on any atom is -0.377 e. The van der Waals surface area contributed by atoms with Gasteiger partial charge in [-0.2, -0.15) is 0 Å². The maximum atomic E-state index is 12.5. The Kier molecular flexibility index (Phi) is 13.0. The highest BCUT2D eigenvalue weighted by Crippen LogP contribution is 2.47. The van der Waals surface area contributed by atoms with Crippen molar-refractivity contribution in [1.29, 1.82) is 0 Å². The van der Waals surface area contributed by atoms with Gasteiger partial charge in [0, 0.05) is 0 Å². The number of phosphoric acid groups is 1. The molecule has 1 rings (SSSR count). The van der Waals surface area contributed by atoms with Crippen LogP contribution in [0.3, 0.4) is 0 Å². The molecule has 0 aromatic heterocycles. The van der Waals surface area contributed by atoms with Crippen LogP contribution in [0.25, 0.3) is 0 Å². The molecule has 1 N–H and O–H groups in total. The van der Waals surface area contributed by atoms with E-state index < -0.39 is 20.0 Å². The summed E-state index contributed by atoms with van der Waals surface area (Å²) in [6.07, 6.45) is 0.128. The van der Waals surface area contributed by atoms with E-state index in [0.29, 0.717) is 52.5 Å². The Labute approximate surface area is 163 Å². The predicted molar refractivity (Wildman–Crippen MR) is 102 cm³/mol. The van der Waals surface area contributed by atoms with E-state index in [4.69, 9.17) is 28.0 Å². The first-order valence-corrected chi connectivity index (χ1v) is 11.3. The number of hydrogen-bond donors (Lipinski definition) is 1. The second kappa shape index (κ2) is 14.0. The van der Waals surface area contributed by atoms with Crippen LogP contribution in [0.5, 0.6) is 0 Å². The van der Waals surface area contributed by atoms with Gasteiger partial charge in [0.15, 0.2) is 0 Å². The molecular weight excluding hydrogens is 375 g/mol. The van der Waals surface area contributed by atoms with Crippen LogP contribution in [-0.4, -0.2) is 70.0 Å². The summed E-state index contributed by atoms with van der Waals surface area (Å²) in [5, 5.41) is 0. The van der Waals surface area contributed by atoms with Crippen molar-refractivity contribution < 1.29 is 37.5 Å². The first-order valence-electron chi connectivity index (χ1n) is 9.79. The van der Waals surface area contributed by atoms with Gasteiger partial charge in [-0.05, 0) is 24.7 Å². The van der Waals surface area contributed by atoms with Crippen LogP contribution in [0.2, 0.25) is 0 Å². The van der Waals surface area contributed by atoms with E-state index in [-0.39, 0.29) is 25.0 Å². The third kappa shape index (κ3) is 13.7. The van der Waals surface area contributed by atoms with Gasteiger partial charge in [0.25, 0.3) is 0 Å². The Bertz CT molecular complexity index is 384. The van der Waals surface area contributed by atoms with Crippen molar-refractivity contribution in [3.63, 3.8) is 0 Å². The van der Waals surface area contributed by atoms with Crippen molar-refractivity contribution in [2.45, 2.75) is 52.7 Å². The van der Waals surface area contributed by atoms with Crippen LogP contribution in [0, 0.1) is 11.8 Å². The molecule has 0 amide bonds. The lowest BCUT2D eigenvalue weighted by atomic mass is 10.1.